The molecular formula is C16H11F21. The highest BCUT2D eigenvalue weighted by Gasteiger charge is 2.97. The Hall–Kier alpha value is -1.73. The molecule has 0 spiro atoms. The quantitative estimate of drug-likeness (QED) is 0.112. The molecule has 0 aliphatic rings. The van der Waals surface area contributed by atoms with E-state index >= 15 is 0 Å². The number of rotatable bonds is 13. The van der Waals surface area contributed by atoms with Gasteiger partial charge >= 0.3 is 59.5 Å². The first kappa shape index (κ1) is 35.3. The van der Waals surface area contributed by atoms with Crippen LogP contribution in [0.15, 0.2) is 12.7 Å². The molecule has 0 saturated heterocycles. The summed E-state index contributed by atoms with van der Waals surface area (Å²) < 4.78 is 277. The second-order valence-corrected chi connectivity index (χ2v) is 7.33. The Morgan fingerprint density at radius 3 is 0.919 bits per heavy atom. The van der Waals surface area contributed by atoms with Gasteiger partial charge in [-0.3, -0.25) is 0 Å². The van der Waals surface area contributed by atoms with E-state index in [1.165, 1.54) is 0 Å². The summed E-state index contributed by atoms with van der Waals surface area (Å²) in [6.07, 6.45) is -11.8. The van der Waals surface area contributed by atoms with E-state index in [1.54, 1.807) is 0 Å². The number of hydrogen-bond donors (Lipinski definition) is 0. The Morgan fingerprint density at radius 1 is 0.378 bits per heavy atom. The van der Waals surface area contributed by atoms with Crippen LogP contribution in [0, 0.1) is 0 Å². The van der Waals surface area contributed by atoms with Crippen LogP contribution in [-0.2, 0) is 0 Å². The van der Waals surface area contributed by atoms with Crippen molar-refractivity contribution < 1.29 is 92.2 Å². The highest BCUT2D eigenvalue weighted by atomic mass is 19.4. The fourth-order valence-corrected chi connectivity index (χ4v) is 2.38. The molecule has 222 valence electrons. The maximum absolute atomic E-state index is 13.6. The first-order valence-electron chi connectivity index (χ1n) is 8.89. The monoisotopic (exact) mass is 602 g/mol. The molecule has 0 bridgehead atoms. The second-order valence-electron chi connectivity index (χ2n) is 7.33. The minimum Gasteiger partial charge on any atom is -0.200 e. The van der Waals surface area contributed by atoms with Crippen LogP contribution in [0.2, 0.25) is 0 Å². The highest BCUT2D eigenvalue weighted by Crippen LogP contribution is 2.66. The molecule has 0 aromatic rings. The maximum atomic E-state index is 13.6. The Labute approximate surface area is 191 Å². The average Bonchev–Trinajstić information content (AvgIpc) is 2.69. The second kappa shape index (κ2) is 9.48. The first-order valence-corrected chi connectivity index (χ1v) is 8.89. The topological polar surface area (TPSA) is 0 Å². The molecule has 0 radical (unpaired) electrons. The minimum atomic E-state index is -9.14. The van der Waals surface area contributed by atoms with Gasteiger partial charge in [0.1, 0.15) is 0 Å². The number of halogens is 21. The standard InChI is InChI=1S/C16H11F21/c1-2-3-4-5-6-7(17,18)8(19,20)9(21,22)10(23,24)11(25,26)12(27,28)13(29,30)14(31,32)15(33,34)16(35,36)37/h2H,1,3-6H2. The summed E-state index contributed by atoms with van der Waals surface area (Å²) in [5.41, 5.74) is 0. The van der Waals surface area contributed by atoms with Crippen molar-refractivity contribution in [2.45, 2.75) is 85.2 Å². The SMILES string of the molecule is C=CCCCCC(F)(F)C(F)(F)C(F)(F)C(F)(F)C(F)(F)C(F)(F)C(F)(F)C(F)(F)C(F)(F)C(F)(F)F. The van der Waals surface area contributed by atoms with Crippen LogP contribution in [0.4, 0.5) is 92.2 Å². The Kier molecular flexibility index (Phi) is 9.03. The van der Waals surface area contributed by atoms with Crippen molar-refractivity contribution in [2.75, 3.05) is 0 Å². The van der Waals surface area contributed by atoms with E-state index in [9.17, 15) is 92.2 Å². The largest absolute Gasteiger partial charge is 0.460 e. The van der Waals surface area contributed by atoms with Crippen LogP contribution >= 0.6 is 0 Å². The first-order chi connectivity index (χ1) is 15.8. The molecule has 0 aromatic carbocycles. The summed E-state index contributed by atoms with van der Waals surface area (Å²) in [6.45, 7) is 3.00. The summed E-state index contributed by atoms with van der Waals surface area (Å²) in [6, 6.07) is 0. The molecule has 0 amide bonds. The molecule has 0 aliphatic carbocycles. The van der Waals surface area contributed by atoms with E-state index in [4.69, 9.17) is 0 Å². The maximum Gasteiger partial charge on any atom is 0.460 e. The van der Waals surface area contributed by atoms with Gasteiger partial charge in [-0.25, -0.2) is 0 Å². The van der Waals surface area contributed by atoms with Crippen molar-refractivity contribution in [3.63, 3.8) is 0 Å². The van der Waals surface area contributed by atoms with Crippen molar-refractivity contribution in [3.05, 3.63) is 12.7 Å². The lowest BCUT2D eigenvalue weighted by molar-refractivity contribution is -0.474. The molecule has 0 aliphatic heterocycles. The van der Waals surface area contributed by atoms with E-state index < -0.39 is 78.7 Å². The molecule has 0 rings (SSSR count). The zero-order chi connectivity index (χ0) is 30.5. The highest BCUT2D eigenvalue weighted by molar-refractivity contribution is 5.17. The third-order valence-electron chi connectivity index (χ3n) is 4.72. The van der Waals surface area contributed by atoms with Gasteiger partial charge in [0.15, 0.2) is 0 Å². The van der Waals surface area contributed by atoms with Crippen molar-refractivity contribution in [2.24, 2.45) is 0 Å². The minimum absolute atomic E-state index is 0.301. The summed E-state index contributed by atoms with van der Waals surface area (Å²) in [4.78, 5) is 0. The van der Waals surface area contributed by atoms with Crippen LogP contribution in [-0.4, -0.2) is 59.5 Å². The molecule has 0 atom stereocenters. The lowest BCUT2D eigenvalue weighted by atomic mass is 9.85. The normalized spacial score (nSPS) is 16.2. The molecular weight excluding hydrogens is 591 g/mol. The van der Waals surface area contributed by atoms with Crippen molar-refractivity contribution >= 4 is 0 Å². The Morgan fingerprint density at radius 2 is 0.649 bits per heavy atom. The third kappa shape index (κ3) is 4.80. The summed E-state index contributed by atoms with van der Waals surface area (Å²) in [7, 11) is 0. The molecule has 0 saturated carbocycles. The Balaban J connectivity index is 6.82. The summed E-state index contributed by atoms with van der Waals surface area (Å²) in [5, 5.41) is 0. The molecule has 21 heteroatoms. The van der Waals surface area contributed by atoms with Crippen molar-refractivity contribution in [1.82, 2.24) is 0 Å². The molecule has 37 heavy (non-hydrogen) atoms. The molecule has 0 nitrogen and oxygen atoms in total. The third-order valence-corrected chi connectivity index (χ3v) is 4.72. The number of hydrogen-bond acceptors (Lipinski definition) is 0. The van der Waals surface area contributed by atoms with E-state index in [0.29, 0.717) is 0 Å². The average molecular weight is 602 g/mol. The van der Waals surface area contributed by atoms with Crippen molar-refractivity contribution in [1.29, 1.82) is 0 Å². The molecule has 0 N–H and O–H groups in total. The lowest BCUT2D eigenvalue weighted by Gasteiger charge is -2.44. The van der Waals surface area contributed by atoms with Crippen LogP contribution < -0.4 is 0 Å². The zero-order valence-corrected chi connectivity index (χ0v) is 17.1. The molecule has 0 fully saturated rings. The van der Waals surface area contributed by atoms with Gasteiger partial charge in [-0.2, -0.15) is 92.2 Å². The lowest BCUT2D eigenvalue weighted by Crippen LogP contribution is -2.76. The number of alkyl halides is 21. The van der Waals surface area contributed by atoms with E-state index in [1.807, 2.05) is 0 Å². The smallest absolute Gasteiger partial charge is 0.200 e. The van der Waals surface area contributed by atoms with Gasteiger partial charge in [0.25, 0.3) is 0 Å². The van der Waals surface area contributed by atoms with Gasteiger partial charge in [-0.15, -0.1) is 6.58 Å². The van der Waals surface area contributed by atoms with Gasteiger partial charge in [0.2, 0.25) is 0 Å². The van der Waals surface area contributed by atoms with Crippen LogP contribution in [0.3, 0.4) is 0 Å². The predicted molar refractivity (Wildman–Crippen MR) is 79.2 cm³/mol. The van der Waals surface area contributed by atoms with E-state index in [0.717, 1.165) is 6.08 Å². The van der Waals surface area contributed by atoms with Gasteiger partial charge in [-0.05, 0) is 19.3 Å². The zero-order valence-electron chi connectivity index (χ0n) is 17.1. The predicted octanol–water partition coefficient (Wildman–Crippen LogP) is 9.01. The fourth-order valence-electron chi connectivity index (χ4n) is 2.38. The van der Waals surface area contributed by atoms with Crippen LogP contribution in [0.25, 0.3) is 0 Å². The molecule has 0 aromatic heterocycles. The molecule has 0 unspecified atom stereocenters. The van der Waals surface area contributed by atoms with Crippen molar-refractivity contribution in [3.8, 4) is 0 Å². The van der Waals surface area contributed by atoms with Crippen LogP contribution in [0.1, 0.15) is 25.7 Å². The van der Waals surface area contributed by atoms with Gasteiger partial charge in [0, 0.05) is 6.42 Å². The fraction of sp³-hybridized carbons (Fsp3) is 0.875. The van der Waals surface area contributed by atoms with Crippen LogP contribution in [0.5, 0.6) is 0 Å². The van der Waals surface area contributed by atoms with E-state index in [2.05, 4.69) is 6.58 Å². The molecule has 0 heterocycles. The Bertz CT molecular complexity index is 802. The van der Waals surface area contributed by atoms with Gasteiger partial charge in [-0.1, -0.05) is 6.08 Å². The van der Waals surface area contributed by atoms with Gasteiger partial charge < -0.3 is 0 Å². The van der Waals surface area contributed by atoms with E-state index in [-0.39, 0.29) is 6.42 Å². The summed E-state index contributed by atoms with van der Waals surface area (Å²) in [5.74, 6) is -76.4. The van der Waals surface area contributed by atoms with Gasteiger partial charge in [0.05, 0.1) is 0 Å². The number of allylic oxidation sites excluding steroid dienone is 1. The number of unbranched alkanes of at least 4 members (excludes halogenated alkanes) is 2. The summed E-state index contributed by atoms with van der Waals surface area (Å²) >= 11 is 0.